The summed E-state index contributed by atoms with van der Waals surface area (Å²) in [5, 5.41) is 3.11. The molecule has 0 saturated heterocycles. The van der Waals surface area contributed by atoms with Gasteiger partial charge in [-0.2, -0.15) is 0 Å². The summed E-state index contributed by atoms with van der Waals surface area (Å²) in [6, 6.07) is 4.27. The van der Waals surface area contributed by atoms with Crippen molar-refractivity contribution in [2.45, 2.75) is 38.6 Å². The van der Waals surface area contributed by atoms with Crippen molar-refractivity contribution in [1.29, 1.82) is 0 Å². The van der Waals surface area contributed by atoms with Crippen molar-refractivity contribution in [2.24, 2.45) is 5.92 Å². The Kier molecular flexibility index (Phi) is 6.12. The zero-order valence-electron chi connectivity index (χ0n) is 13.0. The molecule has 118 valence electrons. The van der Waals surface area contributed by atoms with Crippen molar-refractivity contribution in [3.63, 3.8) is 0 Å². The van der Waals surface area contributed by atoms with Crippen LogP contribution in [0.1, 0.15) is 44.2 Å². The largest absolute Gasteiger partial charge is 0.313 e. The maximum Gasteiger partial charge on any atom is 0.163 e. The third-order valence-corrected chi connectivity index (χ3v) is 4.63. The molecular weight excluding hydrogens is 270 g/mol. The van der Waals surface area contributed by atoms with Gasteiger partial charge in [0.25, 0.3) is 0 Å². The van der Waals surface area contributed by atoms with Crippen LogP contribution in [0.25, 0.3) is 0 Å². The Labute approximate surface area is 126 Å². The molecule has 0 spiro atoms. The number of nitrogens with zero attached hydrogens (tertiary/aromatic N) is 1. The molecule has 1 atom stereocenters. The molecule has 0 aliphatic heterocycles. The number of benzene rings is 1. The first-order valence-corrected chi connectivity index (χ1v) is 7.99. The standard InChI is InChI=1S/C17H26F2N2/c1-3-21(12-13-6-4-7-13)11-10-16(20-2)14-8-5-9-15(18)17(14)19/h5,8-9,13,16,20H,3-4,6-7,10-12H2,1-2H3. The Hall–Kier alpha value is -1.00. The van der Waals surface area contributed by atoms with Gasteiger partial charge in [0.05, 0.1) is 0 Å². The molecule has 1 aliphatic rings. The van der Waals surface area contributed by atoms with Gasteiger partial charge in [-0.25, -0.2) is 8.78 Å². The van der Waals surface area contributed by atoms with E-state index in [9.17, 15) is 8.78 Å². The molecule has 4 heteroatoms. The zero-order chi connectivity index (χ0) is 15.2. The van der Waals surface area contributed by atoms with Crippen molar-refractivity contribution < 1.29 is 8.78 Å². The summed E-state index contributed by atoms with van der Waals surface area (Å²) in [6.07, 6.45) is 4.82. The highest BCUT2D eigenvalue weighted by Gasteiger charge is 2.21. The van der Waals surface area contributed by atoms with Gasteiger partial charge < -0.3 is 10.2 Å². The highest BCUT2D eigenvalue weighted by molar-refractivity contribution is 5.22. The second kappa shape index (κ2) is 7.85. The van der Waals surface area contributed by atoms with E-state index in [-0.39, 0.29) is 6.04 Å². The van der Waals surface area contributed by atoms with E-state index in [1.54, 1.807) is 19.2 Å². The summed E-state index contributed by atoms with van der Waals surface area (Å²) in [4.78, 5) is 2.42. The number of hydrogen-bond donors (Lipinski definition) is 1. The molecule has 0 radical (unpaired) electrons. The summed E-state index contributed by atoms with van der Waals surface area (Å²) >= 11 is 0. The number of nitrogens with one attached hydrogen (secondary N) is 1. The van der Waals surface area contributed by atoms with Crippen molar-refractivity contribution in [3.05, 3.63) is 35.4 Å². The Balaban J connectivity index is 1.93. The van der Waals surface area contributed by atoms with Crippen LogP contribution in [0.15, 0.2) is 18.2 Å². The van der Waals surface area contributed by atoms with Gasteiger partial charge in [0.1, 0.15) is 0 Å². The molecular formula is C17H26F2N2. The summed E-state index contributed by atoms with van der Waals surface area (Å²) in [6.45, 7) is 5.22. The normalized spacial score (nSPS) is 17.0. The van der Waals surface area contributed by atoms with Crippen LogP contribution >= 0.6 is 0 Å². The van der Waals surface area contributed by atoms with Gasteiger partial charge in [0.2, 0.25) is 0 Å². The van der Waals surface area contributed by atoms with Crippen LogP contribution in [0, 0.1) is 17.6 Å². The molecule has 1 unspecified atom stereocenters. The van der Waals surface area contributed by atoms with E-state index in [2.05, 4.69) is 17.1 Å². The highest BCUT2D eigenvalue weighted by Crippen LogP contribution is 2.28. The maximum absolute atomic E-state index is 13.9. The van der Waals surface area contributed by atoms with Crippen LogP contribution in [0.3, 0.4) is 0 Å². The molecule has 1 saturated carbocycles. The summed E-state index contributed by atoms with van der Waals surface area (Å²) < 4.78 is 27.2. The van der Waals surface area contributed by atoms with E-state index in [1.165, 1.54) is 25.3 Å². The van der Waals surface area contributed by atoms with Crippen LogP contribution < -0.4 is 5.32 Å². The third kappa shape index (κ3) is 4.24. The van der Waals surface area contributed by atoms with Gasteiger partial charge in [-0.3, -0.25) is 0 Å². The predicted molar refractivity (Wildman–Crippen MR) is 82.2 cm³/mol. The van der Waals surface area contributed by atoms with Crippen LogP contribution in [0.2, 0.25) is 0 Å². The van der Waals surface area contributed by atoms with E-state index in [4.69, 9.17) is 0 Å². The van der Waals surface area contributed by atoms with Gasteiger partial charge in [0, 0.05) is 18.2 Å². The van der Waals surface area contributed by atoms with Crippen molar-refractivity contribution in [1.82, 2.24) is 10.2 Å². The van der Waals surface area contributed by atoms with Gasteiger partial charge in [-0.1, -0.05) is 25.5 Å². The lowest BCUT2D eigenvalue weighted by atomic mass is 9.85. The Morgan fingerprint density at radius 3 is 2.67 bits per heavy atom. The monoisotopic (exact) mass is 296 g/mol. The Bertz CT molecular complexity index is 446. The Morgan fingerprint density at radius 1 is 1.33 bits per heavy atom. The van der Waals surface area contributed by atoms with Crippen molar-refractivity contribution in [2.75, 3.05) is 26.7 Å². The van der Waals surface area contributed by atoms with Crippen LogP contribution in [0.5, 0.6) is 0 Å². The summed E-state index contributed by atoms with van der Waals surface area (Å²) in [5.74, 6) is -0.655. The molecule has 0 heterocycles. The molecule has 1 aromatic carbocycles. The van der Waals surface area contributed by atoms with Crippen LogP contribution in [0.4, 0.5) is 8.78 Å². The number of hydrogen-bond acceptors (Lipinski definition) is 2. The van der Waals surface area contributed by atoms with Crippen LogP contribution in [-0.4, -0.2) is 31.6 Å². The first-order valence-electron chi connectivity index (χ1n) is 7.99. The fraction of sp³-hybridized carbons (Fsp3) is 0.647. The summed E-state index contributed by atoms with van der Waals surface area (Å²) in [7, 11) is 1.80. The Morgan fingerprint density at radius 2 is 2.10 bits per heavy atom. The maximum atomic E-state index is 13.9. The van der Waals surface area contributed by atoms with Crippen molar-refractivity contribution in [3.8, 4) is 0 Å². The fourth-order valence-corrected chi connectivity index (χ4v) is 2.98. The zero-order valence-corrected chi connectivity index (χ0v) is 13.0. The van der Waals surface area contributed by atoms with Crippen LogP contribution in [-0.2, 0) is 0 Å². The molecule has 0 bridgehead atoms. The SMILES string of the molecule is CCN(CCC(NC)c1cccc(F)c1F)CC1CCC1. The topological polar surface area (TPSA) is 15.3 Å². The number of halogens is 2. The third-order valence-electron chi connectivity index (χ3n) is 4.63. The van der Waals surface area contributed by atoms with Gasteiger partial charge in [0.15, 0.2) is 11.6 Å². The van der Waals surface area contributed by atoms with Gasteiger partial charge in [-0.15, -0.1) is 0 Å². The molecule has 1 aliphatic carbocycles. The molecule has 2 nitrogen and oxygen atoms in total. The lowest BCUT2D eigenvalue weighted by Gasteiger charge is -2.32. The molecule has 0 aromatic heterocycles. The second-order valence-corrected chi connectivity index (χ2v) is 5.96. The molecule has 0 amide bonds. The lowest BCUT2D eigenvalue weighted by Crippen LogP contribution is -2.34. The first kappa shape index (κ1) is 16.4. The van der Waals surface area contributed by atoms with Gasteiger partial charge in [-0.05, 0) is 51.4 Å². The smallest absolute Gasteiger partial charge is 0.163 e. The minimum Gasteiger partial charge on any atom is -0.313 e. The highest BCUT2D eigenvalue weighted by atomic mass is 19.2. The average Bonchev–Trinajstić information content (AvgIpc) is 2.45. The molecule has 1 N–H and O–H groups in total. The second-order valence-electron chi connectivity index (χ2n) is 5.96. The fourth-order valence-electron chi connectivity index (χ4n) is 2.98. The molecule has 21 heavy (non-hydrogen) atoms. The van der Waals surface area contributed by atoms with E-state index in [0.29, 0.717) is 5.56 Å². The number of rotatable bonds is 8. The van der Waals surface area contributed by atoms with Gasteiger partial charge >= 0.3 is 0 Å². The van der Waals surface area contributed by atoms with E-state index < -0.39 is 11.6 Å². The van der Waals surface area contributed by atoms with Crippen molar-refractivity contribution >= 4 is 0 Å². The average molecular weight is 296 g/mol. The molecule has 2 rings (SSSR count). The predicted octanol–water partition coefficient (Wildman–Crippen LogP) is 3.74. The minimum atomic E-state index is -0.769. The minimum absolute atomic E-state index is 0.142. The van der Waals surface area contributed by atoms with E-state index >= 15 is 0 Å². The molecule has 1 fully saturated rings. The first-order chi connectivity index (χ1) is 10.2. The quantitative estimate of drug-likeness (QED) is 0.786. The molecule has 1 aromatic rings. The van der Waals surface area contributed by atoms with E-state index in [1.807, 2.05) is 0 Å². The summed E-state index contributed by atoms with van der Waals surface area (Å²) in [5.41, 5.74) is 0.428. The lowest BCUT2D eigenvalue weighted by molar-refractivity contribution is 0.178. The van der Waals surface area contributed by atoms with E-state index in [0.717, 1.165) is 32.0 Å².